The number of nitrogens with zero attached hydrogens (tertiary/aromatic N) is 3. The van der Waals surface area contributed by atoms with Crippen molar-refractivity contribution in [3.63, 3.8) is 0 Å². The Morgan fingerprint density at radius 2 is 1.41 bits per heavy atom. The molecule has 4 heteroatoms. The zero-order valence-electron chi connectivity index (χ0n) is 15.3. The van der Waals surface area contributed by atoms with Crippen LogP contribution >= 0.6 is 0 Å². The van der Waals surface area contributed by atoms with Crippen LogP contribution < -0.4 is 4.74 Å². The molecule has 0 fully saturated rings. The maximum atomic E-state index is 8.56. The molecule has 0 bridgehead atoms. The van der Waals surface area contributed by atoms with Crippen molar-refractivity contribution in [1.82, 2.24) is 9.97 Å². The minimum Gasteiger partial charge on any atom is -0.481 e. The minimum absolute atomic E-state index is 0.564. The first kappa shape index (κ1) is 18.1. The summed E-state index contributed by atoms with van der Waals surface area (Å²) in [6.45, 7) is 1.85. The van der Waals surface area contributed by atoms with Crippen LogP contribution in [-0.4, -0.2) is 17.1 Å². The van der Waals surface area contributed by atoms with E-state index in [1.54, 1.807) is 13.2 Å². The Morgan fingerprint density at radius 3 is 1.96 bits per heavy atom. The Balaban J connectivity index is 1.74. The zero-order valence-corrected chi connectivity index (χ0v) is 15.3. The van der Waals surface area contributed by atoms with Crippen LogP contribution in [0.15, 0.2) is 60.7 Å². The van der Waals surface area contributed by atoms with Crippen molar-refractivity contribution in [2.24, 2.45) is 0 Å². The number of ether oxygens (including phenoxy) is 1. The lowest BCUT2D eigenvalue weighted by atomic mass is 10.1. The molecule has 2 aromatic carbocycles. The van der Waals surface area contributed by atoms with E-state index in [4.69, 9.17) is 10.00 Å². The van der Waals surface area contributed by atoms with Crippen LogP contribution in [-0.2, 0) is 0 Å². The lowest BCUT2D eigenvalue weighted by Crippen LogP contribution is -1.95. The molecule has 3 rings (SSSR count). The number of allylic oxidation sites excluding steroid dienone is 1. The van der Waals surface area contributed by atoms with Gasteiger partial charge in [0.15, 0.2) is 0 Å². The number of rotatable bonds is 5. The fourth-order valence-corrected chi connectivity index (χ4v) is 2.60. The third-order valence-corrected chi connectivity index (χ3v) is 3.99. The van der Waals surface area contributed by atoms with E-state index in [0.717, 1.165) is 27.9 Å². The quantitative estimate of drug-likeness (QED) is 0.469. The summed E-state index contributed by atoms with van der Waals surface area (Å²) in [7, 11) is 1.60. The number of benzene rings is 2. The maximum absolute atomic E-state index is 8.56. The first-order valence-corrected chi connectivity index (χ1v) is 8.52. The van der Waals surface area contributed by atoms with Gasteiger partial charge in [0.05, 0.1) is 18.9 Å². The van der Waals surface area contributed by atoms with E-state index in [0.29, 0.717) is 11.7 Å². The summed E-state index contributed by atoms with van der Waals surface area (Å²) in [4.78, 5) is 8.69. The molecule has 0 aliphatic rings. The summed E-state index contributed by atoms with van der Waals surface area (Å²) in [5.74, 6) is 1.25. The Labute approximate surface area is 159 Å². The van der Waals surface area contributed by atoms with E-state index in [1.165, 1.54) is 6.08 Å². The Hall–Kier alpha value is -3.71. The third-order valence-electron chi connectivity index (χ3n) is 3.99. The SMILES string of the molecule is COc1cc(-c2ccc(/C=C/c3ccc(/C=C/C#N)cc3)cc2)nc(C)n1. The maximum Gasteiger partial charge on any atom is 0.216 e. The topological polar surface area (TPSA) is 58.8 Å². The van der Waals surface area contributed by atoms with E-state index in [2.05, 4.69) is 34.3 Å². The molecule has 0 aliphatic carbocycles. The average Bonchev–Trinajstić information content (AvgIpc) is 2.71. The van der Waals surface area contributed by atoms with Gasteiger partial charge in [-0.05, 0) is 29.7 Å². The molecule has 0 atom stereocenters. The van der Waals surface area contributed by atoms with Gasteiger partial charge in [0.25, 0.3) is 0 Å². The highest BCUT2D eigenvalue weighted by atomic mass is 16.5. The summed E-state index contributed by atoms with van der Waals surface area (Å²) >= 11 is 0. The fourth-order valence-electron chi connectivity index (χ4n) is 2.60. The van der Waals surface area contributed by atoms with Crippen molar-refractivity contribution < 1.29 is 4.74 Å². The molecule has 3 aromatic rings. The van der Waals surface area contributed by atoms with Gasteiger partial charge in [0.2, 0.25) is 5.88 Å². The molecule has 0 spiro atoms. The Kier molecular flexibility index (Phi) is 5.76. The molecule has 0 saturated heterocycles. The standard InChI is InChI=1S/C23H19N3O/c1-17-25-22(16-23(26-17)27-2)21-13-11-20(12-14-21)10-9-19-7-5-18(6-8-19)4-3-15-24/h3-14,16H,1-2H3/b4-3+,10-9+. The number of aromatic nitrogens is 2. The van der Waals surface area contributed by atoms with E-state index in [-0.39, 0.29) is 0 Å². The van der Waals surface area contributed by atoms with Gasteiger partial charge < -0.3 is 4.74 Å². The van der Waals surface area contributed by atoms with Gasteiger partial charge in [-0.15, -0.1) is 0 Å². The molecule has 1 heterocycles. The van der Waals surface area contributed by atoms with Crippen LogP contribution in [0.5, 0.6) is 5.88 Å². The summed E-state index contributed by atoms with van der Waals surface area (Å²) in [6.07, 6.45) is 7.39. The lowest BCUT2D eigenvalue weighted by Gasteiger charge is -2.05. The van der Waals surface area contributed by atoms with Crippen molar-refractivity contribution in [3.05, 3.63) is 83.2 Å². The lowest BCUT2D eigenvalue weighted by molar-refractivity contribution is 0.396. The van der Waals surface area contributed by atoms with Crippen LogP contribution in [0.1, 0.15) is 22.5 Å². The summed E-state index contributed by atoms with van der Waals surface area (Å²) in [5.41, 5.74) is 5.07. The Morgan fingerprint density at radius 1 is 0.852 bits per heavy atom. The van der Waals surface area contributed by atoms with Crippen LogP contribution in [0.4, 0.5) is 0 Å². The van der Waals surface area contributed by atoms with Crippen LogP contribution in [0.3, 0.4) is 0 Å². The zero-order chi connectivity index (χ0) is 19.1. The highest BCUT2D eigenvalue weighted by Gasteiger charge is 2.04. The number of nitriles is 1. The fraction of sp³-hybridized carbons (Fsp3) is 0.0870. The molecule has 0 N–H and O–H groups in total. The average molecular weight is 353 g/mol. The van der Waals surface area contributed by atoms with Gasteiger partial charge in [-0.25, -0.2) is 4.98 Å². The van der Waals surface area contributed by atoms with Gasteiger partial charge in [-0.1, -0.05) is 60.7 Å². The highest BCUT2D eigenvalue weighted by Crippen LogP contribution is 2.22. The number of methoxy groups -OCH3 is 1. The van der Waals surface area contributed by atoms with E-state index in [1.807, 2.05) is 55.5 Å². The largest absolute Gasteiger partial charge is 0.481 e. The van der Waals surface area contributed by atoms with Crippen LogP contribution in [0.2, 0.25) is 0 Å². The summed E-state index contributed by atoms with van der Waals surface area (Å²) < 4.78 is 5.22. The van der Waals surface area contributed by atoms with E-state index >= 15 is 0 Å². The summed E-state index contributed by atoms with van der Waals surface area (Å²) in [6, 6.07) is 20.0. The van der Waals surface area contributed by atoms with Crippen LogP contribution in [0.25, 0.3) is 29.5 Å². The summed E-state index contributed by atoms with van der Waals surface area (Å²) in [5, 5.41) is 8.56. The first-order chi connectivity index (χ1) is 13.2. The normalized spacial score (nSPS) is 11.0. The first-order valence-electron chi connectivity index (χ1n) is 8.52. The monoisotopic (exact) mass is 353 g/mol. The van der Waals surface area contributed by atoms with Gasteiger partial charge in [0, 0.05) is 17.7 Å². The molecular weight excluding hydrogens is 334 g/mol. The second-order valence-electron chi connectivity index (χ2n) is 5.93. The number of hydrogen-bond acceptors (Lipinski definition) is 4. The molecular formula is C23H19N3O. The molecule has 0 amide bonds. The van der Waals surface area contributed by atoms with Gasteiger partial charge >= 0.3 is 0 Å². The van der Waals surface area contributed by atoms with Gasteiger partial charge in [-0.2, -0.15) is 10.2 Å². The smallest absolute Gasteiger partial charge is 0.216 e. The second-order valence-corrected chi connectivity index (χ2v) is 5.93. The predicted octanol–water partition coefficient (Wildman–Crippen LogP) is 5.17. The van der Waals surface area contributed by atoms with E-state index in [9.17, 15) is 0 Å². The number of aryl methyl sites for hydroxylation is 1. The second kappa shape index (κ2) is 8.59. The molecule has 132 valence electrons. The van der Waals surface area contributed by atoms with Gasteiger partial charge in [0.1, 0.15) is 5.82 Å². The van der Waals surface area contributed by atoms with Crippen molar-refractivity contribution in [3.8, 4) is 23.2 Å². The molecule has 0 radical (unpaired) electrons. The highest BCUT2D eigenvalue weighted by molar-refractivity contribution is 5.72. The number of hydrogen-bond donors (Lipinski definition) is 0. The molecule has 0 saturated carbocycles. The minimum atomic E-state index is 0.564. The van der Waals surface area contributed by atoms with Crippen molar-refractivity contribution in [1.29, 1.82) is 5.26 Å². The van der Waals surface area contributed by atoms with E-state index < -0.39 is 0 Å². The molecule has 27 heavy (non-hydrogen) atoms. The third kappa shape index (κ3) is 4.90. The molecule has 4 nitrogen and oxygen atoms in total. The molecule has 0 aliphatic heterocycles. The van der Waals surface area contributed by atoms with Crippen molar-refractivity contribution in [2.45, 2.75) is 6.92 Å². The van der Waals surface area contributed by atoms with Crippen LogP contribution in [0, 0.1) is 18.3 Å². The predicted molar refractivity (Wildman–Crippen MR) is 109 cm³/mol. The molecule has 0 unspecified atom stereocenters. The molecule has 1 aromatic heterocycles. The van der Waals surface area contributed by atoms with Crippen molar-refractivity contribution >= 4 is 18.2 Å². The van der Waals surface area contributed by atoms with Gasteiger partial charge in [-0.3, -0.25) is 0 Å². The van der Waals surface area contributed by atoms with Crippen molar-refractivity contribution in [2.75, 3.05) is 7.11 Å². The Bertz CT molecular complexity index is 1010.